The van der Waals surface area contributed by atoms with E-state index in [1.165, 1.54) is 11.1 Å². The second-order valence-electron chi connectivity index (χ2n) is 4.42. The molecule has 0 aromatic rings. The Morgan fingerprint density at radius 3 is 3.13 bits per heavy atom. The molecule has 0 bridgehead atoms. The van der Waals surface area contributed by atoms with Crippen molar-refractivity contribution in [1.82, 2.24) is 5.32 Å². The molecular weight excluding hydrogens is 188 g/mol. The predicted molar refractivity (Wildman–Crippen MR) is 57.9 cm³/mol. The van der Waals surface area contributed by atoms with Crippen LogP contribution in [0.5, 0.6) is 0 Å². The van der Waals surface area contributed by atoms with Gasteiger partial charge in [0.25, 0.3) is 0 Å². The molecule has 3 heteroatoms. The molecule has 0 aromatic carbocycles. The van der Waals surface area contributed by atoms with Crippen molar-refractivity contribution in [1.29, 1.82) is 0 Å². The number of nitrogens with one attached hydrogen (secondary N) is 1. The van der Waals surface area contributed by atoms with Crippen molar-refractivity contribution in [3.8, 4) is 0 Å². The minimum Gasteiger partial charge on any atom is -0.315 e. The summed E-state index contributed by atoms with van der Waals surface area (Å²) in [6.07, 6.45) is 9.38. The maximum Gasteiger partial charge on any atom is 0.137 e. The van der Waals surface area contributed by atoms with Crippen LogP contribution in [0.25, 0.3) is 0 Å². The third kappa shape index (κ3) is 1.31. The first-order chi connectivity index (χ1) is 7.25. The largest absolute Gasteiger partial charge is 0.315 e. The number of Topliss-reactive ketones (excluding diaryl/α,β-unsaturated/α-hetero) is 1. The van der Waals surface area contributed by atoms with Crippen LogP contribution >= 0.6 is 0 Å². The smallest absolute Gasteiger partial charge is 0.137 e. The van der Waals surface area contributed by atoms with Crippen molar-refractivity contribution in [3.63, 3.8) is 0 Å². The molecular formula is C12H14N2O. The molecule has 2 aliphatic carbocycles. The van der Waals surface area contributed by atoms with Crippen molar-refractivity contribution >= 4 is 5.78 Å². The lowest BCUT2D eigenvalue weighted by atomic mass is 9.85. The van der Waals surface area contributed by atoms with Crippen LogP contribution in [0.15, 0.2) is 35.5 Å². The van der Waals surface area contributed by atoms with Crippen LogP contribution in [0.3, 0.4) is 0 Å². The fourth-order valence-electron chi connectivity index (χ4n) is 2.76. The molecule has 0 saturated heterocycles. The second kappa shape index (κ2) is 3.15. The van der Waals surface area contributed by atoms with Gasteiger partial charge < -0.3 is 5.73 Å². The molecule has 15 heavy (non-hydrogen) atoms. The number of fused-ring (bicyclic) bond motifs is 2. The minimum absolute atomic E-state index is 0.0728. The maximum absolute atomic E-state index is 11.5. The Hall–Kier alpha value is -1.19. The van der Waals surface area contributed by atoms with Crippen LogP contribution in [0.2, 0.25) is 0 Å². The van der Waals surface area contributed by atoms with E-state index in [1.807, 2.05) is 12.2 Å². The molecule has 3 nitrogen and oxygen atoms in total. The van der Waals surface area contributed by atoms with Gasteiger partial charge in [-0.05, 0) is 5.57 Å². The maximum atomic E-state index is 11.5. The van der Waals surface area contributed by atoms with Crippen molar-refractivity contribution in [2.24, 2.45) is 11.7 Å². The van der Waals surface area contributed by atoms with E-state index in [1.54, 1.807) is 0 Å². The number of allylic oxidation sites excluding steroid dienone is 2. The summed E-state index contributed by atoms with van der Waals surface area (Å²) in [4.78, 5) is 11.5. The summed E-state index contributed by atoms with van der Waals surface area (Å²) in [7, 11) is 0. The summed E-state index contributed by atoms with van der Waals surface area (Å²) in [6.45, 7) is 0. The van der Waals surface area contributed by atoms with E-state index in [2.05, 4.69) is 17.5 Å². The van der Waals surface area contributed by atoms with Crippen molar-refractivity contribution in [2.75, 3.05) is 0 Å². The molecule has 0 amide bonds. The van der Waals surface area contributed by atoms with E-state index in [0.717, 1.165) is 0 Å². The van der Waals surface area contributed by atoms with Crippen LogP contribution in [-0.2, 0) is 4.79 Å². The van der Waals surface area contributed by atoms with E-state index in [-0.39, 0.29) is 18.1 Å². The first kappa shape index (κ1) is 9.07. The Morgan fingerprint density at radius 1 is 1.40 bits per heavy atom. The standard InChI is InChI=1S/C12H14N2O/c13-12-10-6-7(15)5-9(10)8-3-1-2-4-11(8)14-12/h1-4,10-12,14H,5-6,13H2. The van der Waals surface area contributed by atoms with Gasteiger partial charge in [-0.25, -0.2) is 0 Å². The average Bonchev–Trinajstić information content (AvgIpc) is 2.61. The zero-order valence-corrected chi connectivity index (χ0v) is 8.44. The number of hydrogen-bond acceptors (Lipinski definition) is 3. The summed E-state index contributed by atoms with van der Waals surface area (Å²) in [5.41, 5.74) is 8.55. The van der Waals surface area contributed by atoms with E-state index >= 15 is 0 Å². The van der Waals surface area contributed by atoms with E-state index in [4.69, 9.17) is 5.73 Å². The molecule has 3 unspecified atom stereocenters. The summed E-state index contributed by atoms with van der Waals surface area (Å²) >= 11 is 0. The summed E-state index contributed by atoms with van der Waals surface area (Å²) in [6, 6.07) is 0.210. The van der Waals surface area contributed by atoms with Crippen LogP contribution in [-0.4, -0.2) is 18.0 Å². The predicted octanol–water partition coefficient (Wildman–Crippen LogP) is 0.645. The number of rotatable bonds is 0. The lowest BCUT2D eigenvalue weighted by Gasteiger charge is -2.35. The van der Waals surface area contributed by atoms with Gasteiger partial charge in [0.1, 0.15) is 5.78 Å². The Labute approximate surface area is 88.7 Å². The zero-order chi connectivity index (χ0) is 10.4. The molecule has 3 N–H and O–H groups in total. The summed E-state index contributed by atoms with van der Waals surface area (Å²) < 4.78 is 0. The molecule has 1 aliphatic heterocycles. The summed E-state index contributed by atoms with van der Waals surface area (Å²) in [5, 5.41) is 3.34. The Kier molecular flexibility index (Phi) is 1.90. The van der Waals surface area contributed by atoms with Crippen LogP contribution in [0.1, 0.15) is 12.8 Å². The Morgan fingerprint density at radius 2 is 2.27 bits per heavy atom. The number of carbonyl (C=O) groups excluding carboxylic acids is 1. The van der Waals surface area contributed by atoms with Crippen molar-refractivity contribution in [2.45, 2.75) is 25.0 Å². The first-order valence-corrected chi connectivity index (χ1v) is 5.37. The minimum atomic E-state index is -0.0728. The molecule has 3 aliphatic rings. The normalized spacial score (nSPS) is 38.2. The molecule has 3 atom stereocenters. The lowest BCUT2D eigenvalue weighted by molar-refractivity contribution is -0.117. The molecule has 0 spiro atoms. The fraction of sp³-hybridized carbons (Fsp3) is 0.417. The molecule has 1 heterocycles. The third-order valence-electron chi connectivity index (χ3n) is 3.48. The number of hydrogen-bond donors (Lipinski definition) is 2. The van der Waals surface area contributed by atoms with Gasteiger partial charge in [0.15, 0.2) is 0 Å². The third-order valence-corrected chi connectivity index (χ3v) is 3.48. The van der Waals surface area contributed by atoms with Gasteiger partial charge >= 0.3 is 0 Å². The highest BCUT2D eigenvalue weighted by Crippen LogP contribution is 2.38. The first-order valence-electron chi connectivity index (χ1n) is 5.37. The fourth-order valence-corrected chi connectivity index (χ4v) is 2.76. The van der Waals surface area contributed by atoms with Gasteiger partial charge in [0.2, 0.25) is 0 Å². The lowest BCUT2D eigenvalue weighted by Crippen LogP contribution is -2.52. The number of carbonyl (C=O) groups is 1. The molecule has 1 fully saturated rings. The van der Waals surface area contributed by atoms with Crippen molar-refractivity contribution in [3.05, 3.63) is 35.5 Å². The molecule has 78 valence electrons. The zero-order valence-electron chi connectivity index (χ0n) is 8.44. The molecule has 0 aromatic heterocycles. The number of nitrogens with two attached hydrogens (primary N) is 1. The second-order valence-corrected chi connectivity index (χ2v) is 4.42. The highest BCUT2D eigenvalue weighted by molar-refractivity contribution is 5.86. The quantitative estimate of drug-likeness (QED) is 0.606. The van der Waals surface area contributed by atoms with Gasteiger partial charge in [-0.15, -0.1) is 0 Å². The van der Waals surface area contributed by atoms with E-state index in [9.17, 15) is 4.79 Å². The SMILES string of the molecule is NC1NC2C=CC=CC2=C2CC(=O)CC21. The van der Waals surface area contributed by atoms with Crippen LogP contribution in [0.4, 0.5) is 0 Å². The molecule has 3 rings (SSSR count). The van der Waals surface area contributed by atoms with Gasteiger partial charge in [0, 0.05) is 18.8 Å². The van der Waals surface area contributed by atoms with E-state index < -0.39 is 0 Å². The monoisotopic (exact) mass is 202 g/mol. The Bertz CT molecular complexity index is 406. The topological polar surface area (TPSA) is 55.1 Å². The van der Waals surface area contributed by atoms with Crippen LogP contribution in [0, 0.1) is 5.92 Å². The van der Waals surface area contributed by atoms with E-state index in [0.29, 0.717) is 18.6 Å². The Balaban J connectivity index is 2.08. The average molecular weight is 202 g/mol. The number of ketones is 1. The van der Waals surface area contributed by atoms with Crippen molar-refractivity contribution < 1.29 is 4.79 Å². The highest BCUT2D eigenvalue weighted by atomic mass is 16.1. The summed E-state index contributed by atoms with van der Waals surface area (Å²) in [5.74, 6) is 0.545. The van der Waals surface area contributed by atoms with Gasteiger partial charge in [-0.2, -0.15) is 0 Å². The van der Waals surface area contributed by atoms with Gasteiger partial charge in [0.05, 0.1) is 12.2 Å². The van der Waals surface area contributed by atoms with Gasteiger partial charge in [-0.3, -0.25) is 10.1 Å². The van der Waals surface area contributed by atoms with Gasteiger partial charge in [-0.1, -0.05) is 29.9 Å². The molecule has 0 radical (unpaired) electrons. The molecule has 1 saturated carbocycles. The highest BCUT2D eigenvalue weighted by Gasteiger charge is 2.39. The van der Waals surface area contributed by atoms with Crippen LogP contribution < -0.4 is 11.1 Å².